The van der Waals surface area contributed by atoms with Crippen LogP contribution in [0.2, 0.25) is 0 Å². The van der Waals surface area contributed by atoms with Crippen LogP contribution in [0.4, 0.5) is 0 Å². The highest BCUT2D eigenvalue weighted by molar-refractivity contribution is 6.14. The molecule has 17 aromatic rings. The van der Waals surface area contributed by atoms with Crippen molar-refractivity contribution in [2.24, 2.45) is 0 Å². The Morgan fingerprint density at radius 3 is 0.989 bits per heavy atom. The monoisotopic (exact) mass is 1140 g/mol. The number of fused-ring (bicyclic) bond motifs is 9. The molecule has 0 atom stereocenters. The van der Waals surface area contributed by atoms with Crippen molar-refractivity contribution >= 4 is 65.4 Å². The Balaban J connectivity index is 1.02. The number of aromatic nitrogens is 5. The van der Waals surface area contributed by atoms with Crippen LogP contribution in [0.5, 0.6) is 0 Å². The third-order valence-corrected chi connectivity index (χ3v) is 18.1. The minimum atomic E-state index is 0.629. The molecular weight excluding hydrogens is 1080 g/mol. The van der Waals surface area contributed by atoms with Crippen molar-refractivity contribution in [2.75, 3.05) is 0 Å². The molecule has 0 aliphatic carbocycles. The van der Waals surface area contributed by atoms with Gasteiger partial charge in [-0.3, -0.25) is 0 Å². The number of rotatable bonds is 10. The molecule has 5 heteroatoms. The van der Waals surface area contributed by atoms with Crippen molar-refractivity contribution < 1.29 is 0 Å². The van der Waals surface area contributed by atoms with Gasteiger partial charge in [0.25, 0.3) is 0 Å². The highest BCUT2D eigenvalue weighted by atomic mass is 15.0. The van der Waals surface area contributed by atoms with Crippen LogP contribution >= 0.6 is 0 Å². The van der Waals surface area contributed by atoms with Gasteiger partial charge >= 0.3 is 0 Å². The van der Waals surface area contributed by atoms with Crippen molar-refractivity contribution in [1.82, 2.24) is 23.7 Å². The second kappa shape index (κ2) is 21.1. The molecule has 0 amide bonds. The lowest BCUT2D eigenvalue weighted by Gasteiger charge is -2.22. The van der Waals surface area contributed by atoms with Gasteiger partial charge in [0.1, 0.15) is 0 Å². The average Bonchev–Trinajstić information content (AvgIpc) is 1.73. The van der Waals surface area contributed by atoms with Crippen LogP contribution < -0.4 is 0 Å². The summed E-state index contributed by atoms with van der Waals surface area (Å²) in [5, 5.41) is 7.19. The highest BCUT2D eigenvalue weighted by Crippen LogP contribution is 2.47. The largest absolute Gasteiger partial charge is 0.309 e. The third kappa shape index (κ3) is 8.69. The molecule has 0 spiro atoms. The lowest BCUT2D eigenvalue weighted by atomic mass is 9.91. The minimum Gasteiger partial charge on any atom is -0.309 e. The predicted molar refractivity (Wildman–Crippen MR) is 373 cm³/mol. The molecule has 5 nitrogen and oxygen atoms in total. The number of benzene rings is 13. The Morgan fingerprint density at radius 2 is 0.573 bits per heavy atom. The molecule has 4 aromatic heterocycles. The maximum Gasteiger partial charge on any atom is 0.160 e. The van der Waals surface area contributed by atoms with E-state index in [1.165, 1.54) is 65.7 Å². The second-order valence-corrected chi connectivity index (χ2v) is 23.4. The van der Waals surface area contributed by atoms with Crippen LogP contribution in [0, 0.1) is 13.8 Å². The summed E-state index contributed by atoms with van der Waals surface area (Å²) in [5.41, 5.74) is 26.0. The molecule has 0 aliphatic heterocycles. The van der Waals surface area contributed by atoms with Gasteiger partial charge in [0.2, 0.25) is 0 Å². The van der Waals surface area contributed by atoms with E-state index >= 15 is 0 Å². The van der Waals surface area contributed by atoms with Crippen LogP contribution in [0.25, 0.3) is 161 Å². The normalized spacial score (nSPS) is 11.7. The van der Waals surface area contributed by atoms with Crippen LogP contribution in [0.1, 0.15) is 11.1 Å². The van der Waals surface area contributed by atoms with E-state index in [2.05, 4.69) is 337 Å². The van der Waals surface area contributed by atoms with Crippen molar-refractivity contribution in [1.29, 1.82) is 0 Å². The molecule has 0 saturated heterocycles. The van der Waals surface area contributed by atoms with Gasteiger partial charge in [-0.2, -0.15) is 0 Å². The maximum atomic E-state index is 5.58. The van der Waals surface area contributed by atoms with Crippen LogP contribution in [-0.2, 0) is 0 Å². The third-order valence-electron chi connectivity index (χ3n) is 18.1. The zero-order valence-electron chi connectivity index (χ0n) is 49.2. The van der Waals surface area contributed by atoms with E-state index in [-0.39, 0.29) is 0 Å². The Hall–Kier alpha value is -11.7. The Kier molecular flexibility index (Phi) is 12.3. The second-order valence-electron chi connectivity index (χ2n) is 23.4. The predicted octanol–water partition coefficient (Wildman–Crippen LogP) is 22.1. The summed E-state index contributed by atoms with van der Waals surface area (Å²) < 4.78 is 7.40. The molecule has 17 rings (SSSR count). The summed E-state index contributed by atoms with van der Waals surface area (Å²) in [5.74, 6) is 0.629. The molecule has 89 heavy (non-hydrogen) atoms. The number of aryl methyl sites for hydroxylation is 2. The summed E-state index contributed by atoms with van der Waals surface area (Å²) in [6, 6.07) is 113. The first kappa shape index (κ1) is 51.7. The van der Waals surface area contributed by atoms with E-state index in [1.807, 2.05) is 0 Å². The van der Waals surface area contributed by atoms with E-state index in [0.717, 1.165) is 100 Å². The van der Waals surface area contributed by atoms with Gasteiger partial charge in [0, 0.05) is 71.5 Å². The summed E-state index contributed by atoms with van der Waals surface area (Å²) >= 11 is 0. The molecule has 0 bridgehead atoms. The summed E-state index contributed by atoms with van der Waals surface area (Å²) in [4.78, 5) is 11.2. The Bertz CT molecular complexity index is 5200. The van der Waals surface area contributed by atoms with Crippen LogP contribution in [0.3, 0.4) is 0 Å². The summed E-state index contributed by atoms with van der Waals surface area (Å²) in [6.45, 7) is 4.42. The molecular formula is C84H57N5. The zero-order chi connectivity index (χ0) is 59.1. The maximum absolute atomic E-state index is 5.58. The first-order valence-corrected chi connectivity index (χ1v) is 30.5. The molecule has 0 unspecified atom stereocenters. The van der Waals surface area contributed by atoms with Gasteiger partial charge in [-0.05, 0) is 149 Å². The standard InChI is InChI=1S/C84H57N5/c1-54-23-9-11-33-65(54)60-43-45-81-73(49-60)74-50-61(66-34-12-10-24-55(66)2)44-46-82(74)89(81)83-71(58-29-21-31-63(47-58)87-77-39-17-13-35-67(77)68-36-14-18-40-78(68)87)51-62(84-85-75(56-25-5-3-6-26-56)53-76(86-84)57-27-7-4-8-28-57)52-72(83)59-30-22-32-64(48-59)88-79-41-19-15-37-69(79)70-38-16-20-42-80(70)88/h3-53H,1-2H3. The first-order chi connectivity index (χ1) is 44.0. The van der Waals surface area contributed by atoms with E-state index in [4.69, 9.17) is 9.97 Å². The van der Waals surface area contributed by atoms with Gasteiger partial charge in [0.05, 0.1) is 50.2 Å². The lowest BCUT2D eigenvalue weighted by molar-refractivity contribution is 1.16. The molecule has 4 heterocycles. The number of hydrogen-bond acceptors (Lipinski definition) is 2. The number of hydrogen-bond donors (Lipinski definition) is 0. The topological polar surface area (TPSA) is 40.6 Å². The van der Waals surface area contributed by atoms with Gasteiger partial charge in [-0.15, -0.1) is 0 Å². The van der Waals surface area contributed by atoms with E-state index < -0.39 is 0 Å². The van der Waals surface area contributed by atoms with Gasteiger partial charge < -0.3 is 13.7 Å². The molecule has 0 fully saturated rings. The van der Waals surface area contributed by atoms with E-state index in [0.29, 0.717) is 5.82 Å². The smallest absolute Gasteiger partial charge is 0.160 e. The van der Waals surface area contributed by atoms with Crippen molar-refractivity contribution in [3.63, 3.8) is 0 Å². The molecule has 0 saturated carbocycles. The molecule has 418 valence electrons. The van der Waals surface area contributed by atoms with Crippen LogP contribution in [-0.4, -0.2) is 23.7 Å². The molecule has 13 aromatic carbocycles. The van der Waals surface area contributed by atoms with Gasteiger partial charge in [-0.25, -0.2) is 9.97 Å². The van der Waals surface area contributed by atoms with Crippen molar-refractivity contribution in [2.45, 2.75) is 13.8 Å². The van der Waals surface area contributed by atoms with Crippen molar-refractivity contribution in [3.05, 3.63) is 321 Å². The average molecular weight is 1140 g/mol. The highest BCUT2D eigenvalue weighted by Gasteiger charge is 2.26. The quantitative estimate of drug-likeness (QED) is 0.137. The molecule has 0 aliphatic rings. The van der Waals surface area contributed by atoms with Crippen LogP contribution in [0.15, 0.2) is 309 Å². The molecule has 0 N–H and O–H groups in total. The van der Waals surface area contributed by atoms with E-state index in [1.54, 1.807) is 0 Å². The summed E-state index contributed by atoms with van der Waals surface area (Å²) in [6.07, 6.45) is 0. The van der Waals surface area contributed by atoms with E-state index in [9.17, 15) is 0 Å². The fourth-order valence-corrected chi connectivity index (χ4v) is 14.0. The minimum absolute atomic E-state index is 0.629. The Morgan fingerprint density at radius 1 is 0.225 bits per heavy atom. The first-order valence-electron chi connectivity index (χ1n) is 30.5. The fourth-order valence-electron chi connectivity index (χ4n) is 14.0. The lowest BCUT2D eigenvalue weighted by Crippen LogP contribution is -2.04. The Labute approximate surface area is 516 Å². The van der Waals surface area contributed by atoms with Gasteiger partial charge in [-0.1, -0.05) is 218 Å². The zero-order valence-corrected chi connectivity index (χ0v) is 49.2. The SMILES string of the molecule is Cc1ccccc1-c1ccc2c(c1)c1cc(-c3ccccc3C)ccc1n2-c1c(-c2cccc(-n3c4ccccc4c4ccccc43)c2)cc(-c2nc(-c3ccccc3)cc(-c3ccccc3)n2)cc1-c1cccc(-n2c3ccccc3c3ccccc32)c1. The molecule has 0 radical (unpaired) electrons. The fraction of sp³-hybridized carbons (Fsp3) is 0.0238. The number of nitrogens with zero attached hydrogens (tertiary/aromatic N) is 5. The van der Waals surface area contributed by atoms with Crippen molar-refractivity contribution in [3.8, 4) is 95.5 Å². The summed E-state index contributed by atoms with van der Waals surface area (Å²) in [7, 11) is 0. The number of para-hydroxylation sites is 4. The van der Waals surface area contributed by atoms with Gasteiger partial charge in [0.15, 0.2) is 5.82 Å².